The molecule has 5 heteroatoms. The number of hydrogen-bond donors (Lipinski definition) is 1. The van der Waals surface area contributed by atoms with Crippen LogP contribution in [-0.2, 0) is 17.8 Å². The van der Waals surface area contributed by atoms with Gasteiger partial charge in [-0.1, -0.05) is 19.1 Å². The zero-order valence-corrected chi connectivity index (χ0v) is 12.6. The van der Waals surface area contributed by atoms with Gasteiger partial charge in [-0.2, -0.15) is 5.10 Å². The van der Waals surface area contributed by atoms with E-state index in [1.807, 2.05) is 31.2 Å². The summed E-state index contributed by atoms with van der Waals surface area (Å²) in [4.78, 5) is 11.9. The number of nitrogens with zero attached hydrogens (tertiary/aromatic N) is 2. The number of hydrogen-bond acceptors (Lipinski definition) is 2. The Morgan fingerprint density at radius 1 is 1.37 bits per heavy atom. The van der Waals surface area contributed by atoms with Crippen molar-refractivity contribution >= 4 is 27.5 Å². The van der Waals surface area contributed by atoms with Gasteiger partial charge in [0.05, 0.1) is 16.4 Å². The molecule has 100 valence electrons. The van der Waals surface area contributed by atoms with Gasteiger partial charge in [-0.25, -0.2) is 0 Å². The first-order chi connectivity index (χ1) is 9.10. The fourth-order valence-electron chi connectivity index (χ4n) is 1.74. The molecule has 0 atom stereocenters. The largest absolute Gasteiger partial charge is 0.324 e. The smallest absolute Gasteiger partial charge is 0.246 e. The number of aryl methyl sites for hydroxylation is 1. The number of carbonyl (C=O) groups is 1. The first-order valence-corrected chi connectivity index (χ1v) is 6.96. The van der Waals surface area contributed by atoms with E-state index in [0.717, 1.165) is 22.3 Å². The summed E-state index contributed by atoms with van der Waals surface area (Å²) in [6.07, 6.45) is 2.69. The first kappa shape index (κ1) is 13.8. The van der Waals surface area contributed by atoms with Crippen molar-refractivity contribution in [1.82, 2.24) is 9.78 Å². The third kappa shape index (κ3) is 3.44. The second kappa shape index (κ2) is 6.02. The van der Waals surface area contributed by atoms with Crippen LogP contribution in [-0.4, -0.2) is 15.7 Å². The standard InChI is InChI=1S/C14H16BrN3O/c1-3-11-4-6-12(7-5-11)17-14(19)9-18-10(2)13(15)8-16-18/h4-8H,3,9H2,1-2H3,(H,17,19). The number of anilines is 1. The van der Waals surface area contributed by atoms with Gasteiger partial charge in [0.15, 0.2) is 0 Å². The quantitative estimate of drug-likeness (QED) is 0.940. The Labute approximate surface area is 120 Å². The number of aromatic nitrogens is 2. The van der Waals surface area contributed by atoms with Crippen LogP contribution in [0.3, 0.4) is 0 Å². The molecule has 0 bridgehead atoms. The van der Waals surface area contributed by atoms with E-state index in [1.165, 1.54) is 5.56 Å². The molecule has 2 aromatic rings. The lowest BCUT2D eigenvalue weighted by molar-refractivity contribution is -0.116. The summed E-state index contributed by atoms with van der Waals surface area (Å²) < 4.78 is 2.58. The molecule has 0 radical (unpaired) electrons. The SMILES string of the molecule is CCc1ccc(NC(=O)Cn2ncc(Br)c2C)cc1. The lowest BCUT2D eigenvalue weighted by Gasteiger charge is -2.07. The van der Waals surface area contributed by atoms with E-state index in [2.05, 4.69) is 33.3 Å². The van der Waals surface area contributed by atoms with E-state index in [-0.39, 0.29) is 12.5 Å². The predicted molar refractivity (Wildman–Crippen MR) is 79.1 cm³/mol. The molecule has 0 aliphatic carbocycles. The fraction of sp³-hybridized carbons (Fsp3) is 0.286. The molecule has 0 fully saturated rings. The first-order valence-electron chi connectivity index (χ1n) is 6.17. The number of nitrogens with one attached hydrogen (secondary N) is 1. The molecule has 1 aromatic heterocycles. The molecule has 1 N–H and O–H groups in total. The Bertz CT molecular complexity index is 575. The number of amides is 1. The van der Waals surface area contributed by atoms with Gasteiger partial charge in [0.25, 0.3) is 0 Å². The molecule has 0 aliphatic heterocycles. The van der Waals surface area contributed by atoms with E-state index in [9.17, 15) is 4.79 Å². The van der Waals surface area contributed by atoms with Gasteiger partial charge >= 0.3 is 0 Å². The number of rotatable bonds is 4. The molecule has 0 aliphatic rings. The molecular formula is C14H16BrN3O. The van der Waals surface area contributed by atoms with Crippen LogP contribution < -0.4 is 5.32 Å². The van der Waals surface area contributed by atoms with Crippen molar-refractivity contribution in [2.75, 3.05) is 5.32 Å². The minimum atomic E-state index is -0.0806. The Balaban J connectivity index is 1.99. The average molecular weight is 322 g/mol. The van der Waals surface area contributed by atoms with Crippen LogP contribution in [0.5, 0.6) is 0 Å². The highest BCUT2D eigenvalue weighted by Crippen LogP contribution is 2.14. The van der Waals surface area contributed by atoms with E-state index < -0.39 is 0 Å². The van der Waals surface area contributed by atoms with Crippen LogP contribution in [0.2, 0.25) is 0 Å². The zero-order chi connectivity index (χ0) is 13.8. The summed E-state index contributed by atoms with van der Waals surface area (Å²) in [6.45, 7) is 4.24. The monoisotopic (exact) mass is 321 g/mol. The molecule has 2 rings (SSSR count). The predicted octanol–water partition coefficient (Wildman–Crippen LogP) is 3.16. The normalized spacial score (nSPS) is 10.5. The van der Waals surface area contributed by atoms with Gasteiger partial charge in [-0.15, -0.1) is 0 Å². The minimum Gasteiger partial charge on any atom is -0.324 e. The maximum absolute atomic E-state index is 11.9. The van der Waals surface area contributed by atoms with Crippen LogP contribution in [0.15, 0.2) is 34.9 Å². The van der Waals surface area contributed by atoms with Crippen molar-refractivity contribution in [2.45, 2.75) is 26.8 Å². The second-order valence-electron chi connectivity index (χ2n) is 4.33. The highest BCUT2D eigenvalue weighted by molar-refractivity contribution is 9.10. The molecule has 19 heavy (non-hydrogen) atoms. The number of carbonyl (C=O) groups excluding carboxylic acids is 1. The Hall–Kier alpha value is -1.62. The van der Waals surface area contributed by atoms with Crippen molar-refractivity contribution in [3.63, 3.8) is 0 Å². The Morgan fingerprint density at radius 2 is 2.05 bits per heavy atom. The van der Waals surface area contributed by atoms with Gasteiger partial charge in [0.2, 0.25) is 5.91 Å². The Kier molecular flexibility index (Phi) is 4.37. The molecule has 0 saturated heterocycles. The third-order valence-corrected chi connectivity index (χ3v) is 3.76. The van der Waals surface area contributed by atoms with Crippen molar-refractivity contribution in [2.24, 2.45) is 0 Å². The molecule has 4 nitrogen and oxygen atoms in total. The lowest BCUT2D eigenvalue weighted by atomic mass is 10.1. The zero-order valence-electron chi connectivity index (χ0n) is 11.0. The molecule has 1 heterocycles. The maximum Gasteiger partial charge on any atom is 0.246 e. The number of benzene rings is 1. The maximum atomic E-state index is 11.9. The van der Waals surface area contributed by atoms with Crippen molar-refractivity contribution in [3.8, 4) is 0 Å². The highest BCUT2D eigenvalue weighted by atomic mass is 79.9. The van der Waals surface area contributed by atoms with Gasteiger partial charge in [-0.05, 0) is 47.0 Å². The molecular weight excluding hydrogens is 306 g/mol. The van der Waals surface area contributed by atoms with Gasteiger partial charge in [-0.3, -0.25) is 9.48 Å². The van der Waals surface area contributed by atoms with E-state index in [4.69, 9.17) is 0 Å². The van der Waals surface area contributed by atoms with E-state index in [1.54, 1.807) is 10.9 Å². The second-order valence-corrected chi connectivity index (χ2v) is 5.19. The number of halogens is 1. The van der Waals surface area contributed by atoms with Gasteiger partial charge in [0.1, 0.15) is 6.54 Å². The van der Waals surface area contributed by atoms with Crippen LogP contribution in [0.25, 0.3) is 0 Å². The Morgan fingerprint density at radius 3 is 2.58 bits per heavy atom. The fourth-order valence-corrected chi connectivity index (χ4v) is 2.04. The summed E-state index contributed by atoms with van der Waals surface area (Å²) in [5.74, 6) is -0.0806. The molecule has 1 amide bonds. The average Bonchev–Trinajstić information content (AvgIpc) is 2.71. The van der Waals surface area contributed by atoms with Crippen LogP contribution >= 0.6 is 15.9 Å². The lowest BCUT2D eigenvalue weighted by Crippen LogP contribution is -2.20. The molecule has 0 saturated carbocycles. The summed E-state index contributed by atoms with van der Waals surface area (Å²) in [7, 11) is 0. The topological polar surface area (TPSA) is 46.9 Å². The molecule has 1 aromatic carbocycles. The van der Waals surface area contributed by atoms with Crippen LogP contribution in [0.1, 0.15) is 18.2 Å². The minimum absolute atomic E-state index is 0.0806. The highest BCUT2D eigenvalue weighted by Gasteiger charge is 2.08. The van der Waals surface area contributed by atoms with Crippen molar-refractivity contribution in [3.05, 3.63) is 46.2 Å². The van der Waals surface area contributed by atoms with Crippen LogP contribution in [0.4, 0.5) is 5.69 Å². The van der Waals surface area contributed by atoms with Gasteiger partial charge in [0, 0.05) is 5.69 Å². The molecule has 0 spiro atoms. The summed E-state index contributed by atoms with van der Waals surface area (Å²) in [6, 6.07) is 7.88. The van der Waals surface area contributed by atoms with E-state index >= 15 is 0 Å². The van der Waals surface area contributed by atoms with Gasteiger partial charge < -0.3 is 5.32 Å². The third-order valence-electron chi connectivity index (χ3n) is 2.98. The van der Waals surface area contributed by atoms with Crippen LogP contribution in [0, 0.1) is 6.92 Å². The summed E-state index contributed by atoms with van der Waals surface area (Å²) in [5.41, 5.74) is 3.01. The summed E-state index contributed by atoms with van der Waals surface area (Å²) >= 11 is 3.37. The summed E-state index contributed by atoms with van der Waals surface area (Å²) in [5, 5.41) is 7.00. The van der Waals surface area contributed by atoms with Crippen molar-refractivity contribution in [1.29, 1.82) is 0 Å². The van der Waals surface area contributed by atoms with E-state index in [0.29, 0.717) is 0 Å². The van der Waals surface area contributed by atoms with Crippen molar-refractivity contribution < 1.29 is 4.79 Å². The molecule has 0 unspecified atom stereocenters.